The lowest BCUT2D eigenvalue weighted by atomic mass is 9.95. The summed E-state index contributed by atoms with van der Waals surface area (Å²) in [5.41, 5.74) is 8.21. The van der Waals surface area contributed by atoms with E-state index in [9.17, 15) is 9.90 Å². The Morgan fingerprint density at radius 1 is 1.25 bits per heavy atom. The van der Waals surface area contributed by atoms with E-state index in [1.807, 2.05) is 24.3 Å². The van der Waals surface area contributed by atoms with Crippen LogP contribution in [0.15, 0.2) is 59.8 Å². The van der Waals surface area contributed by atoms with E-state index < -0.39 is 11.9 Å². The van der Waals surface area contributed by atoms with Crippen LogP contribution in [-0.2, 0) is 4.79 Å². The van der Waals surface area contributed by atoms with E-state index in [4.69, 9.17) is 10.5 Å². The van der Waals surface area contributed by atoms with Crippen molar-refractivity contribution in [3.63, 3.8) is 0 Å². The number of primary amides is 1. The molecule has 3 aromatic rings. The largest absolute Gasteiger partial charge is 0.508 e. The lowest BCUT2D eigenvalue weighted by Crippen LogP contribution is -2.31. The molecule has 0 fully saturated rings. The molecular formula is C20H19N5O3. The van der Waals surface area contributed by atoms with Crippen molar-refractivity contribution in [3.05, 3.63) is 65.4 Å². The number of nitrogens with two attached hydrogens (primary N) is 1. The molecule has 8 nitrogen and oxygen atoms in total. The molecule has 0 saturated heterocycles. The number of carbonyl (C=O) groups excluding carboxylic acids is 1. The molecule has 1 unspecified atom stereocenters. The van der Waals surface area contributed by atoms with E-state index in [1.54, 1.807) is 43.0 Å². The number of allylic oxidation sites excluding steroid dienone is 1. The summed E-state index contributed by atoms with van der Waals surface area (Å²) in [5.74, 6) is 1.27. The zero-order valence-electron chi connectivity index (χ0n) is 15.4. The van der Waals surface area contributed by atoms with Gasteiger partial charge >= 0.3 is 0 Å². The minimum absolute atomic E-state index is 0.134. The van der Waals surface area contributed by atoms with Crippen molar-refractivity contribution in [3.8, 4) is 22.9 Å². The normalized spacial score (nSPS) is 15.7. The van der Waals surface area contributed by atoms with Crippen LogP contribution in [0.5, 0.6) is 11.5 Å². The average Bonchev–Trinajstić information content (AvgIpc) is 3.11. The number of anilines is 1. The van der Waals surface area contributed by atoms with Gasteiger partial charge in [0.25, 0.3) is 0 Å². The number of amides is 1. The van der Waals surface area contributed by atoms with E-state index >= 15 is 0 Å². The van der Waals surface area contributed by atoms with Crippen LogP contribution >= 0.6 is 0 Å². The maximum Gasteiger partial charge on any atom is 0.248 e. The summed E-state index contributed by atoms with van der Waals surface area (Å²) >= 11 is 0. The van der Waals surface area contributed by atoms with Crippen molar-refractivity contribution < 1.29 is 14.6 Å². The Hall–Kier alpha value is -3.81. The first kappa shape index (κ1) is 17.6. The third-order valence-electron chi connectivity index (χ3n) is 4.65. The number of benzene rings is 2. The number of rotatable bonds is 4. The number of aromatic nitrogens is 3. The molecule has 1 amide bonds. The van der Waals surface area contributed by atoms with Crippen molar-refractivity contribution in [2.75, 3.05) is 12.4 Å². The van der Waals surface area contributed by atoms with Crippen molar-refractivity contribution in [1.82, 2.24) is 14.8 Å². The van der Waals surface area contributed by atoms with Crippen molar-refractivity contribution >= 4 is 11.9 Å². The summed E-state index contributed by atoms with van der Waals surface area (Å²) in [4.78, 5) is 16.8. The van der Waals surface area contributed by atoms with Crippen molar-refractivity contribution in [2.24, 2.45) is 5.73 Å². The smallest absolute Gasteiger partial charge is 0.248 e. The molecule has 28 heavy (non-hydrogen) atoms. The van der Waals surface area contributed by atoms with Crippen LogP contribution in [0.1, 0.15) is 18.5 Å². The van der Waals surface area contributed by atoms with Gasteiger partial charge in [-0.3, -0.25) is 4.79 Å². The Labute approximate surface area is 161 Å². The number of nitrogens with zero attached hydrogens (tertiary/aromatic N) is 3. The number of hydrogen-bond donors (Lipinski definition) is 3. The first-order valence-electron chi connectivity index (χ1n) is 8.65. The number of phenols is 1. The van der Waals surface area contributed by atoms with Crippen LogP contribution in [0.25, 0.3) is 11.4 Å². The predicted octanol–water partition coefficient (Wildman–Crippen LogP) is 2.43. The number of fused-ring (bicyclic) bond motifs is 1. The summed E-state index contributed by atoms with van der Waals surface area (Å²) in [6.45, 7) is 1.77. The highest BCUT2D eigenvalue weighted by Crippen LogP contribution is 2.36. The van der Waals surface area contributed by atoms with Gasteiger partial charge in [-0.2, -0.15) is 4.98 Å². The molecule has 1 aromatic heterocycles. The van der Waals surface area contributed by atoms with Gasteiger partial charge in [0.2, 0.25) is 11.9 Å². The minimum atomic E-state index is -0.554. The fourth-order valence-electron chi connectivity index (χ4n) is 3.32. The number of methoxy groups -OCH3 is 1. The summed E-state index contributed by atoms with van der Waals surface area (Å²) in [5, 5.41) is 17.4. The van der Waals surface area contributed by atoms with Crippen molar-refractivity contribution in [1.29, 1.82) is 0 Å². The van der Waals surface area contributed by atoms with E-state index in [2.05, 4.69) is 15.4 Å². The molecule has 2 aromatic carbocycles. The number of carbonyl (C=O) groups is 1. The van der Waals surface area contributed by atoms with Gasteiger partial charge in [0.1, 0.15) is 17.5 Å². The predicted molar refractivity (Wildman–Crippen MR) is 104 cm³/mol. The molecule has 0 saturated carbocycles. The summed E-state index contributed by atoms with van der Waals surface area (Å²) in [6.07, 6.45) is 0. The SMILES string of the molecule is COc1cccc(-c2nc3n(n2)C(c2ccc(O)cc2)C(C(N)=O)=C(C)N3)c1. The summed E-state index contributed by atoms with van der Waals surface area (Å²) in [6, 6.07) is 13.5. The van der Waals surface area contributed by atoms with E-state index in [0.717, 1.165) is 11.1 Å². The highest BCUT2D eigenvalue weighted by Gasteiger charge is 2.33. The molecule has 0 radical (unpaired) electrons. The molecule has 142 valence electrons. The zero-order valence-corrected chi connectivity index (χ0v) is 15.4. The second kappa shape index (κ2) is 6.73. The van der Waals surface area contributed by atoms with Crippen molar-refractivity contribution in [2.45, 2.75) is 13.0 Å². The second-order valence-electron chi connectivity index (χ2n) is 6.46. The second-order valence-corrected chi connectivity index (χ2v) is 6.46. The van der Waals surface area contributed by atoms with Gasteiger partial charge in [0, 0.05) is 11.3 Å². The fraction of sp³-hybridized carbons (Fsp3) is 0.150. The molecule has 1 aliphatic heterocycles. The third-order valence-corrected chi connectivity index (χ3v) is 4.65. The number of phenolic OH excluding ortho intramolecular Hbond substituents is 1. The average molecular weight is 377 g/mol. The van der Waals surface area contributed by atoms with E-state index in [0.29, 0.717) is 28.8 Å². The molecule has 8 heteroatoms. The Kier molecular flexibility index (Phi) is 4.23. The maximum atomic E-state index is 12.2. The number of aromatic hydroxyl groups is 1. The summed E-state index contributed by atoms with van der Waals surface area (Å²) in [7, 11) is 1.60. The monoisotopic (exact) mass is 377 g/mol. The molecule has 0 aliphatic carbocycles. The van der Waals surface area contributed by atoms with Gasteiger partial charge in [0.05, 0.1) is 12.7 Å². The van der Waals surface area contributed by atoms with Crippen LogP contribution in [0.2, 0.25) is 0 Å². The molecule has 0 spiro atoms. The van der Waals surface area contributed by atoms with Gasteiger partial charge in [-0.1, -0.05) is 24.3 Å². The van der Waals surface area contributed by atoms with E-state index in [-0.39, 0.29) is 5.75 Å². The van der Waals surface area contributed by atoms with Gasteiger partial charge in [-0.05, 0) is 36.8 Å². The quantitative estimate of drug-likeness (QED) is 0.643. The molecular weight excluding hydrogens is 358 g/mol. The number of nitrogens with one attached hydrogen (secondary N) is 1. The molecule has 1 aliphatic rings. The van der Waals surface area contributed by atoms with Crippen LogP contribution in [0.3, 0.4) is 0 Å². The first-order chi connectivity index (χ1) is 13.5. The third kappa shape index (κ3) is 2.94. The molecule has 4 N–H and O–H groups in total. The molecule has 0 bridgehead atoms. The topological polar surface area (TPSA) is 115 Å². The Bertz CT molecular complexity index is 1090. The van der Waals surface area contributed by atoms with Gasteiger partial charge in [-0.25, -0.2) is 4.68 Å². The Morgan fingerprint density at radius 3 is 2.68 bits per heavy atom. The summed E-state index contributed by atoms with van der Waals surface area (Å²) < 4.78 is 6.91. The van der Waals surface area contributed by atoms with Crippen LogP contribution in [0.4, 0.5) is 5.95 Å². The lowest BCUT2D eigenvalue weighted by molar-refractivity contribution is -0.115. The van der Waals surface area contributed by atoms with Crippen LogP contribution in [-0.4, -0.2) is 32.9 Å². The maximum absolute atomic E-state index is 12.2. The Balaban J connectivity index is 1.86. The molecule has 1 atom stereocenters. The lowest BCUT2D eigenvalue weighted by Gasteiger charge is -2.27. The Morgan fingerprint density at radius 2 is 2.00 bits per heavy atom. The van der Waals surface area contributed by atoms with Gasteiger partial charge < -0.3 is 20.9 Å². The highest BCUT2D eigenvalue weighted by molar-refractivity contribution is 5.95. The van der Waals surface area contributed by atoms with E-state index in [1.165, 1.54) is 0 Å². The van der Waals surface area contributed by atoms with Gasteiger partial charge in [0.15, 0.2) is 5.82 Å². The standard InChI is InChI=1S/C20H19N5O3/c1-11-16(18(21)27)17(12-6-8-14(26)9-7-12)25-20(22-11)23-19(24-25)13-4-3-5-15(10-13)28-2/h3-10,17,26H,1-2H3,(H2,21,27)(H,22,23,24). The molecule has 4 rings (SSSR count). The first-order valence-corrected chi connectivity index (χ1v) is 8.65. The fourth-order valence-corrected chi connectivity index (χ4v) is 3.32. The molecule has 2 heterocycles. The minimum Gasteiger partial charge on any atom is -0.508 e. The van der Waals surface area contributed by atoms with Crippen LogP contribution < -0.4 is 15.8 Å². The number of ether oxygens (including phenoxy) is 1. The number of hydrogen-bond acceptors (Lipinski definition) is 6. The zero-order chi connectivity index (χ0) is 19.8. The highest BCUT2D eigenvalue weighted by atomic mass is 16.5. The van der Waals surface area contributed by atoms with Crippen LogP contribution in [0, 0.1) is 0 Å². The van der Waals surface area contributed by atoms with Gasteiger partial charge in [-0.15, -0.1) is 5.10 Å².